The molecule has 0 radical (unpaired) electrons. The number of hydrogen-bond acceptors (Lipinski definition) is 4. The summed E-state index contributed by atoms with van der Waals surface area (Å²) < 4.78 is 15.1. The van der Waals surface area contributed by atoms with Crippen LogP contribution in [0.1, 0.15) is 6.92 Å². The molecule has 1 aromatic rings. The molecule has 0 spiro atoms. The molecule has 0 bridgehead atoms. The fourth-order valence-corrected chi connectivity index (χ4v) is 1.04. The van der Waals surface area contributed by atoms with E-state index >= 15 is 0 Å². The minimum atomic E-state index is -0.302. The van der Waals surface area contributed by atoms with Gasteiger partial charge in [-0.15, -0.1) is 0 Å². The second-order valence-corrected chi connectivity index (χ2v) is 2.87. The molecule has 0 aliphatic carbocycles. The first kappa shape index (κ1) is 11.4. The Labute approximate surface area is 88.8 Å². The van der Waals surface area contributed by atoms with Crippen molar-refractivity contribution in [2.45, 2.75) is 6.92 Å². The average Bonchev–Trinajstić information content (AvgIpc) is 2.24. The molecule has 0 saturated heterocycles. The molecule has 15 heavy (non-hydrogen) atoms. The van der Waals surface area contributed by atoms with Crippen molar-refractivity contribution in [1.82, 2.24) is 0 Å². The largest absolute Gasteiger partial charge is 0.497 e. The number of rotatable bonds is 5. The van der Waals surface area contributed by atoms with Gasteiger partial charge in [0, 0.05) is 13.0 Å². The molecule has 4 nitrogen and oxygen atoms in total. The van der Waals surface area contributed by atoms with Crippen LogP contribution >= 0.6 is 0 Å². The van der Waals surface area contributed by atoms with Gasteiger partial charge in [-0.25, -0.2) is 0 Å². The molecule has 0 N–H and O–H groups in total. The van der Waals surface area contributed by atoms with Crippen molar-refractivity contribution < 1.29 is 19.0 Å². The van der Waals surface area contributed by atoms with E-state index in [1.54, 1.807) is 13.2 Å². The van der Waals surface area contributed by atoms with Gasteiger partial charge in [0.05, 0.1) is 7.11 Å². The van der Waals surface area contributed by atoms with E-state index in [0.717, 1.165) is 5.75 Å². The van der Waals surface area contributed by atoms with Crippen LogP contribution in [0.15, 0.2) is 24.3 Å². The maximum absolute atomic E-state index is 10.5. The highest BCUT2D eigenvalue weighted by Crippen LogP contribution is 2.18. The first-order valence-electron chi connectivity index (χ1n) is 4.62. The standard InChI is InChI=1S/C11H14O4/c1-9(12)14-6-7-15-11-5-3-4-10(8-11)13-2/h3-5,8H,6-7H2,1-2H3. The predicted octanol–water partition coefficient (Wildman–Crippen LogP) is 1.64. The van der Waals surface area contributed by atoms with Crippen molar-refractivity contribution in [2.24, 2.45) is 0 Å². The molecule has 82 valence electrons. The summed E-state index contributed by atoms with van der Waals surface area (Å²) in [6, 6.07) is 7.25. The van der Waals surface area contributed by atoms with Crippen molar-refractivity contribution in [1.29, 1.82) is 0 Å². The van der Waals surface area contributed by atoms with Crippen LogP contribution in [0.5, 0.6) is 11.5 Å². The molecule has 0 heterocycles. The maximum atomic E-state index is 10.5. The van der Waals surface area contributed by atoms with Gasteiger partial charge in [-0.1, -0.05) is 6.07 Å². The molecule has 0 aromatic heterocycles. The minimum Gasteiger partial charge on any atom is -0.497 e. The lowest BCUT2D eigenvalue weighted by atomic mass is 10.3. The van der Waals surface area contributed by atoms with E-state index in [2.05, 4.69) is 0 Å². The van der Waals surface area contributed by atoms with Crippen LogP contribution in [-0.2, 0) is 9.53 Å². The zero-order chi connectivity index (χ0) is 11.1. The predicted molar refractivity (Wildman–Crippen MR) is 55.1 cm³/mol. The summed E-state index contributed by atoms with van der Waals surface area (Å²) in [5, 5.41) is 0. The van der Waals surface area contributed by atoms with E-state index < -0.39 is 0 Å². The van der Waals surface area contributed by atoms with Crippen molar-refractivity contribution in [3.8, 4) is 11.5 Å². The van der Waals surface area contributed by atoms with Gasteiger partial charge in [0.15, 0.2) is 0 Å². The average molecular weight is 210 g/mol. The van der Waals surface area contributed by atoms with Crippen LogP contribution in [0.3, 0.4) is 0 Å². The number of carbonyl (C=O) groups is 1. The highest BCUT2D eigenvalue weighted by molar-refractivity contribution is 5.65. The molecule has 0 fully saturated rings. The number of ether oxygens (including phenoxy) is 3. The minimum absolute atomic E-state index is 0.256. The Balaban J connectivity index is 2.33. The number of hydrogen-bond donors (Lipinski definition) is 0. The van der Waals surface area contributed by atoms with Crippen LogP contribution in [0, 0.1) is 0 Å². The highest BCUT2D eigenvalue weighted by Gasteiger charge is 1.97. The van der Waals surface area contributed by atoms with Gasteiger partial charge in [-0.05, 0) is 12.1 Å². The van der Waals surface area contributed by atoms with Crippen LogP contribution in [0.25, 0.3) is 0 Å². The zero-order valence-corrected chi connectivity index (χ0v) is 8.86. The lowest BCUT2D eigenvalue weighted by Crippen LogP contribution is -2.09. The Hall–Kier alpha value is -1.71. The Morgan fingerprint density at radius 2 is 2.00 bits per heavy atom. The molecule has 1 aromatic carbocycles. The van der Waals surface area contributed by atoms with Gasteiger partial charge in [-0.3, -0.25) is 4.79 Å². The lowest BCUT2D eigenvalue weighted by molar-refractivity contribution is -0.141. The van der Waals surface area contributed by atoms with Gasteiger partial charge in [-0.2, -0.15) is 0 Å². The molecular weight excluding hydrogens is 196 g/mol. The van der Waals surface area contributed by atoms with Crippen molar-refractivity contribution in [3.63, 3.8) is 0 Å². The summed E-state index contributed by atoms with van der Waals surface area (Å²) in [5.41, 5.74) is 0. The molecule has 0 amide bonds. The van der Waals surface area contributed by atoms with Crippen LogP contribution in [0.4, 0.5) is 0 Å². The van der Waals surface area contributed by atoms with E-state index in [9.17, 15) is 4.79 Å². The highest BCUT2D eigenvalue weighted by atomic mass is 16.6. The molecule has 0 aliphatic heterocycles. The molecule has 0 aliphatic rings. The number of methoxy groups -OCH3 is 1. The van der Waals surface area contributed by atoms with Gasteiger partial charge in [0.1, 0.15) is 24.7 Å². The fraction of sp³-hybridized carbons (Fsp3) is 0.364. The second kappa shape index (κ2) is 5.90. The van der Waals surface area contributed by atoms with E-state index in [-0.39, 0.29) is 12.6 Å². The third-order valence-electron chi connectivity index (χ3n) is 1.70. The van der Waals surface area contributed by atoms with E-state index in [1.807, 2.05) is 18.2 Å². The van der Waals surface area contributed by atoms with Crippen molar-refractivity contribution in [2.75, 3.05) is 20.3 Å². The number of esters is 1. The third-order valence-corrected chi connectivity index (χ3v) is 1.70. The van der Waals surface area contributed by atoms with Crippen LogP contribution < -0.4 is 9.47 Å². The molecule has 0 atom stereocenters. The topological polar surface area (TPSA) is 44.8 Å². The quantitative estimate of drug-likeness (QED) is 0.547. The fourth-order valence-electron chi connectivity index (χ4n) is 1.04. The van der Waals surface area contributed by atoms with Crippen LogP contribution in [-0.4, -0.2) is 26.3 Å². The summed E-state index contributed by atoms with van der Waals surface area (Å²) in [4.78, 5) is 10.5. The smallest absolute Gasteiger partial charge is 0.302 e. The van der Waals surface area contributed by atoms with Gasteiger partial charge >= 0.3 is 5.97 Å². The van der Waals surface area contributed by atoms with Crippen molar-refractivity contribution in [3.05, 3.63) is 24.3 Å². The Morgan fingerprint density at radius 3 is 2.67 bits per heavy atom. The first-order chi connectivity index (χ1) is 7.22. The molecule has 4 heteroatoms. The lowest BCUT2D eigenvalue weighted by Gasteiger charge is -2.07. The monoisotopic (exact) mass is 210 g/mol. The normalized spacial score (nSPS) is 9.47. The van der Waals surface area contributed by atoms with E-state index in [0.29, 0.717) is 12.4 Å². The zero-order valence-electron chi connectivity index (χ0n) is 8.86. The Bertz CT molecular complexity index is 322. The second-order valence-electron chi connectivity index (χ2n) is 2.87. The number of carbonyl (C=O) groups excluding carboxylic acids is 1. The molecular formula is C11H14O4. The van der Waals surface area contributed by atoms with Gasteiger partial charge < -0.3 is 14.2 Å². The summed E-state index contributed by atoms with van der Waals surface area (Å²) in [7, 11) is 1.60. The SMILES string of the molecule is COc1cccc(OCCOC(C)=O)c1. The van der Waals surface area contributed by atoms with Crippen LogP contribution in [0.2, 0.25) is 0 Å². The number of benzene rings is 1. The maximum Gasteiger partial charge on any atom is 0.302 e. The Morgan fingerprint density at radius 1 is 1.27 bits per heavy atom. The van der Waals surface area contributed by atoms with Gasteiger partial charge in [0.2, 0.25) is 0 Å². The summed E-state index contributed by atoms with van der Waals surface area (Å²) >= 11 is 0. The van der Waals surface area contributed by atoms with E-state index in [4.69, 9.17) is 14.2 Å². The summed E-state index contributed by atoms with van der Waals surface area (Å²) in [6.07, 6.45) is 0. The first-order valence-corrected chi connectivity index (χ1v) is 4.62. The van der Waals surface area contributed by atoms with Crippen molar-refractivity contribution >= 4 is 5.97 Å². The van der Waals surface area contributed by atoms with Gasteiger partial charge in [0.25, 0.3) is 0 Å². The molecule has 0 saturated carbocycles. The molecule has 1 rings (SSSR count). The Kier molecular flexibility index (Phi) is 4.47. The van der Waals surface area contributed by atoms with E-state index in [1.165, 1.54) is 6.92 Å². The summed E-state index contributed by atoms with van der Waals surface area (Å²) in [6.45, 7) is 1.96. The molecule has 0 unspecified atom stereocenters. The summed E-state index contributed by atoms with van der Waals surface area (Å²) in [5.74, 6) is 1.13. The third kappa shape index (κ3) is 4.35.